The summed E-state index contributed by atoms with van der Waals surface area (Å²) >= 11 is 1.75. The molecule has 0 saturated carbocycles. The van der Waals surface area contributed by atoms with Crippen LogP contribution in [0.25, 0.3) is 10.1 Å². The van der Waals surface area contributed by atoms with Gasteiger partial charge < -0.3 is 11.1 Å². The highest BCUT2D eigenvalue weighted by atomic mass is 32.1. The number of anilines is 3. The fourth-order valence-corrected chi connectivity index (χ4v) is 2.74. The molecule has 0 aliphatic carbocycles. The van der Waals surface area contributed by atoms with Crippen LogP contribution in [0.3, 0.4) is 0 Å². The second kappa shape index (κ2) is 4.11. The molecule has 3 N–H and O–H groups in total. The van der Waals surface area contributed by atoms with Crippen molar-refractivity contribution in [3.05, 3.63) is 54.6 Å². The van der Waals surface area contributed by atoms with Crippen LogP contribution in [-0.4, -0.2) is 0 Å². The van der Waals surface area contributed by atoms with Crippen molar-refractivity contribution in [1.82, 2.24) is 0 Å². The molecule has 0 atom stereocenters. The van der Waals surface area contributed by atoms with E-state index in [0.717, 1.165) is 16.4 Å². The van der Waals surface area contributed by atoms with Crippen molar-refractivity contribution in [2.45, 2.75) is 0 Å². The van der Waals surface area contributed by atoms with Crippen molar-refractivity contribution in [3.8, 4) is 0 Å². The number of hydrogen-bond acceptors (Lipinski definition) is 3. The van der Waals surface area contributed by atoms with Gasteiger partial charge in [-0.3, -0.25) is 0 Å². The van der Waals surface area contributed by atoms with E-state index in [4.69, 9.17) is 5.73 Å². The minimum absolute atomic E-state index is 0.784. The average Bonchev–Trinajstić information content (AvgIpc) is 2.74. The summed E-state index contributed by atoms with van der Waals surface area (Å²) in [6.07, 6.45) is 0. The molecule has 0 fully saturated rings. The third-order valence-corrected chi connectivity index (χ3v) is 3.64. The van der Waals surface area contributed by atoms with Gasteiger partial charge in [-0.05, 0) is 41.8 Å². The first-order valence-corrected chi connectivity index (χ1v) is 6.24. The number of nitrogen functional groups attached to an aromatic ring is 1. The second-order valence-electron chi connectivity index (χ2n) is 3.90. The van der Waals surface area contributed by atoms with Gasteiger partial charge in [-0.1, -0.05) is 18.2 Å². The molecule has 2 nitrogen and oxygen atoms in total. The van der Waals surface area contributed by atoms with E-state index < -0.39 is 0 Å². The molecule has 2 aromatic carbocycles. The molecule has 1 heterocycles. The first-order valence-electron chi connectivity index (χ1n) is 5.42. The highest BCUT2D eigenvalue weighted by molar-refractivity contribution is 7.22. The first-order chi connectivity index (χ1) is 8.31. The predicted octanol–water partition coefficient (Wildman–Crippen LogP) is 4.23. The van der Waals surface area contributed by atoms with Crippen LogP contribution in [0.15, 0.2) is 54.6 Å². The number of thiophene rings is 1. The largest absolute Gasteiger partial charge is 0.399 e. The smallest absolute Gasteiger partial charge is 0.0939 e. The Morgan fingerprint density at radius 1 is 0.941 bits per heavy atom. The molecule has 0 bridgehead atoms. The molecule has 3 heteroatoms. The van der Waals surface area contributed by atoms with Gasteiger partial charge in [0.1, 0.15) is 0 Å². The Balaban J connectivity index is 1.92. The quantitative estimate of drug-likeness (QED) is 0.658. The van der Waals surface area contributed by atoms with Crippen LogP contribution in [0.2, 0.25) is 0 Å². The lowest BCUT2D eigenvalue weighted by atomic mass is 10.2. The van der Waals surface area contributed by atoms with Crippen molar-refractivity contribution >= 4 is 37.8 Å². The van der Waals surface area contributed by atoms with Gasteiger partial charge in [-0.2, -0.15) is 0 Å². The molecule has 0 radical (unpaired) electrons. The number of hydrogen-bond donors (Lipinski definition) is 2. The Labute approximate surface area is 104 Å². The van der Waals surface area contributed by atoms with Crippen molar-refractivity contribution in [2.24, 2.45) is 0 Å². The van der Waals surface area contributed by atoms with Gasteiger partial charge in [0, 0.05) is 16.1 Å². The summed E-state index contributed by atoms with van der Waals surface area (Å²) in [4.78, 5) is 0. The van der Waals surface area contributed by atoms with Crippen LogP contribution in [0.1, 0.15) is 0 Å². The van der Waals surface area contributed by atoms with Crippen molar-refractivity contribution in [2.75, 3.05) is 11.1 Å². The first kappa shape index (κ1) is 10.2. The lowest BCUT2D eigenvalue weighted by Crippen LogP contribution is -1.88. The van der Waals surface area contributed by atoms with Crippen molar-refractivity contribution in [1.29, 1.82) is 0 Å². The average molecular weight is 240 g/mol. The van der Waals surface area contributed by atoms with Gasteiger partial charge in [0.15, 0.2) is 0 Å². The zero-order chi connectivity index (χ0) is 11.7. The summed E-state index contributed by atoms with van der Waals surface area (Å²) in [5.41, 5.74) is 7.50. The third kappa shape index (κ3) is 2.10. The van der Waals surface area contributed by atoms with E-state index in [2.05, 4.69) is 35.6 Å². The van der Waals surface area contributed by atoms with Crippen LogP contribution in [0, 0.1) is 0 Å². The van der Waals surface area contributed by atoms with E-state index >= 15 is 0 Å². The van der Waals surface area contributed by atoms with Crippen LogP contribution in [0.4, 0.5) is 16.4 Å². The molecule has 0 aliphatic rings. The molecule has 3 aromatic rings. The lowest BCUT2D eigenvalue weighted by molar-refractivity contribution is 1.61. The molecular formula is C14H12N2S. The molecule has 84 valence electrons. The molecular weight excluding hydrogens is 228 g/mol. The van der Waals surface area contributed by atoms with Gasteiger partial charge >= 0.3 is 0 Å². The molecule has 1 aromatic heterocycles. The monoisotopic (exact) mass is 240 g/mol. The van der Waals surface area contributed by atoms with Crippen LogP contribution in [0.5, 0.6) is 0 Å². The van der Waals surface area contributed by atoms with Gasteiger partial charge in [0.05, 0.1) is 5.00 Å². The highest BCUT2D eigenvalue weighted by Gasteiger charge is 2.00. The van der Waals surface area contributed by atoms with Crippen molar-refractivity contribution in [3.63, 3.8) is 0 Å². The molecule has 3 rings (SSSR count). The molecule has 0 aliphatic heterocycles. The third-order valence-electron chi connectivity index (χ3n) is 2.60. The summed E-state index contributed by atoms with van der Waals surface area (Å²) in [5, 5.41) is 5.81. The number of nitrogens with two attached hydrogens (primary N) is 1. The fraction of sp³-hybridized carbons (Fsp3) is 0. The normalized spacial score (nSPS) is 10.6. The van der Waals surface area contributed by atoms with Crippen LogP contribution >= 0.6 is 11.3 Å². The molecule has 0 amide bonds. The van der Waals surface area contributed by atoms with E-state index in [1.165, 1.54) is 10.1 Å². The number of nitrogens with one attached hydrogen (secondary N) is 1. The zero-order valence-electron chi connectivity index (χ0n) is 9.18. The van der Waals surface area contributed by atoms with E-state index in [9.17, 15) is 0 Å². The lowest BCUT2D eigenvalue weighted by Gasteiger charge is -2.02. The minimum atomic E-state index is 0.784. The summed E-state index contributed by atoms with van der Waals surface area (Å²) in [7, 11) is 0. The Hall–Kier alpha value is -2.00. The number of rotatable bonds is 2. The zero-order valence-corrected chi connectivity index (χ0v) is 10.00. The summed E-state index contributed by atoms with van der Waals surface area (Å²) in [5.74, 6) is 0. The van der Waals surface area contributed by atoms with Gasteiger partial charge in [0.2, 0.25) is 0 Å². The minimum Gasteiger partial charge on any atom is -0.399 e. The maximum absolute atomic E-state index is 5.66. The van der Waals surface area contributed by atoms with Gasteiger partial charge in [-0.25, -0.2) is 0 Å². The number of benzene rings is 2. The second-order valence-corrected chi connectivity index (χ2v) is 4.98. The molecule has 0 unspecified atom stereocenters. The molecule has 0 spiro atoms. The van der Waals surface area contributed by atoms with E-state index in [-0.39, 0.29) is 0 Å². The Morgan fingerprint density at radius 2 is 1.71 bits per heavy atom. The van der Waals surface area contributed by atoms with Crippen molar-refractivity contribution < 1.29 is 0 Å². The number of fused-ring (bicyclic) bond motifs is 1. The van der Waals surface area contributed by atoms with Gasteiger partial charge in [-0.15, -0.1) is 11.3 Å². The molecule has 0 saturated heterocycles. The van der Waals surface area contributed by atoms with E-state index in [1.54, 1.807) is 11.3 Å². The fourth-order valence-electron chi connectivity index (χ4n) is 1.75. The van der Waals surface area contributed by atoms with Gasteiger partial charge in [0.25, 0.3) is 0 Å². The maximum atomic E-state index is 5.66. The SMILES string of the molecule is Nc1ccc(Nc2cc3ccccc3s2)cc1. The van der Waals surface area contributed by atoms with E-state index in [0.29, 0.717) is 0 Å². The Bertz CT molecular complexity index is 608. The predicted molar refractivity (Wildman–Crippen MR) is 76.0 cm³/mol. The summed E-state index contributed by atoms with van der Waals surface area (Å²) in [6.45, 7) is 0. The van der Waals surface area contributed by atoms with Crippen LogP contribution < -0.4 is 11.1 Å². The summed E-state index contributed by atoms with van der Waals surface area (Å²) in [6, 6.07) is 18.3. The maximum Gasteiger partial charge on any atom is 0.0939 e. The Kier molecular flexibility index (Phi) is 2.46. The summed E-state index contributed by atoms with van der Waals surface area (Å²) < 4.78 is 1.30. The topological polar surface area (TPSA) is 38.0 Å². The Morgan fingerprint density at radius 3 is 2.47 bits per heavy atom. The van der Waals surface area contributed by atoms with Crippen LogP contribution in [-0.2, 0) is 0 Å². The standard InChI is InChI=1S/C14H12N2S/c15-11-5-7-12(8-6-11)16-14-9-10-3-1-2-4-13(10)17-14/h1-9,16H,15H2. The highest BCUT2D eigenvalue weighted by Crippen LogP contribution is 2.31. The molecule has 17 heavy (non-hydrogen) atoms. The van der Waals surface area contributed by atoms with E-state index in [1.807, 2.05) is 24.3 Å².